The first-order chi connectivity index (χ1) is 7.25. The first-order valence-corrected chi connectivity index (χ1v) is 4.99. The van der Waals surface area contributed by atoms with E-state index in [1.54, 1.807) is 6.20 Å². The van der Waals surface area contributed by atoms with Gasteiger partial charge in [0.1, 0.15) is 0 Å². The highest BCUT2D eigenvalue weighted by Gasteiger charge is 2.00. The Hall–Kier alpha value is -1.83. The lowest BCUT2D eigenvalue weighted by Gasteiger charge is -2.06. The van der Waals surface area contributed by atoms with Gasteiger partial charge in [0, 0.05) is 18.1 Å². The van der Waals surface area contributed by atoms with Crippen molar-refractivity contribution < 1.29 is 0 Å². The van der Waals surface area contributed by atoms with Gasteiger partial charge in [0.05, 0.1) is 0 Å². The Balaban J connectivity index is 2.25. The number of nitrogens with zero attached hydrogens (tertiary/aromatic N) is 1. The Morgan fingerprint density at radius 2 is 2.13 bits per heavy atom. The maximum atomic E-state index is 5.71. The highest BCUT2D eigenvalue weighted by molar-refractivity contribution is 5.45. The molecule has 1 aromatic heterocycles. The number of nitrogen functional groups attached to an aromatic ring is 1. The summed E-state index contributed by atoms with van der Waals surface area (Å²) < 4.78 is 0. The quantitative estimate of drug-likeness (QED) is 0.753. The second-order valence-electron chi connectivity index (χ2n) is 3.72. The molecule has 0 atom stereocenters. The van der Waals surface area contributed by atoms with Gasteiger partial charge in [-0.05, 0) is 48.2 Å². The van der Waals surface area contributed by atoms with Crippen molar-refractivity contribution in [2.24, 2.45) is 0 Å². The van der Waals surface area contributed by atoms with E-state index in [0.717, 1.165) is 12.1 Å². The second-order valence-corrected chi connectivity index (χ2v) is 3.72. The SMILES string of the molecule is Cc1cc(N)ccc1Cc1cccnc1. The zero-order chi connectivity index (χ0) is 10.7. The van der Waals surface area contributed by atoms with Crippen molar-refractivity contribution in [2.45, 2.75) is 13.3 Å². The van der Waals surface area contributed by atoms with Gasteiger partial charge >= 0.3 is 0 Å². The van der Waals surface area contributed by atoms with Crippen LogP contribution in [0.4, 0.5) is 5.69 Å². The summed E-state index contributed by atoms with van der Waals surface area (Å²) in [6.07, 6.45) is 4.61. The average Bonchev–Trinajstić information content (AvgIpc) is 2.24. The van der Waals surface area contributed by atoms with Crippen molar-refractivity contribution in [3.63, 3.8) is 0 Å². The van der Waals surface area contributed by atoms with Crippen LogP contribution < -0.4 is 5.73 Å². The molecule has 0 unspecified atom stereocenters. The molecule has 0 aliphatic carbocycles. The summed E-state index contributed by atoms with van der Waals surface area (Å²) in [7, 11) is 0. The van der Waals surface area contributed by atoms with Crippen LogP contribution in [0.3, 0.4) is 0 Å². The molecule has 0 saturated heterocycles. The standard InChI is InChI=1S/C13H14N2/c1-10-7-13(14)5-4-12(10)8-11-3-2-6-15-9-11/h2-7,9H,8,14H2,1H3. The van der Waals surface area contributed by atoms with Crippen LogP contribution >= 0.6 is 0 Å². The number of rotatable bonds is 2. The highest BCUT2D eigenvalue weighted by atomic mass is 14.6. The Morgan fingerprint density at radius 1 is 1.27 bits per heavy atom. The normalized spacial score (nSPS) is 10.2. The van der Waals surface area contributed by atoms with Gasteiger partial charge in [-0.1, -0.05) is 12.1 Å². The van der Waals surface area contributed by atoms with Gasteiger partial charge in [-0.15, -0.1) is 0 Å². The first kappa shape index (κ1) is 9.71. The van der Waals surface area contributed by atoms with E-state index in [9.17, 15) is 0 Å². The van der Waals surface area contributed by atoms with E-state index in [1.165, 1.54) is 16.7 Å². The molecule has 2 aromatic rings. The van der Waals surface area contributed by atoms with Crippen LogP contribution in [0, 0.1) is 6.92 Å². The largest absolute Gasteiger partial charge is 0.399 e. The third-order valence-corrected chi connectivity index (χ3v) is 2.48. The number of hydrogen-bond acceptors (Lipinski definition) is 2. The van der Waals surface area contributed by atoms with E-state index < -0.39 is 0 Å². The van der Waals surface area contributed by atoms with Crippen molar-refractivity contribution in [1.29, 1.82) is 0 Å². The number of hydrogen-bond donors (Lipinski definition) is 1. The molecule has 0 spiro atoms. The molecule has 0 aliphatic heterocycles. The summed E-state index contributed by atoms with van der Waals surface area (Å²) in [4.78, 5) is 4.10. The monoisotopic (exact) mass is 198 g/mol. The average molecular weight is 198 g/mol. The summed E-state index contributed by atoms with van der Waals surface area (Å²) in [5.74, 6) is 0. The summed E-state index contributed by atoms with van der Waals surface area (Å²) in [5, 5.41) is 0. The molecule has 2 nitrogen and oxygen atoms in total. The topological polar surface area (TPSA) is 38.9 Å². The van der Waals surface area contributed by atoms with Crippen LogP contribution in [0.2, 0.25) is 0 Å². The molecule has 2 rings (SSSR count). The third-order valence-electron chi connectivity index (χ3n) is 2.48. The van der Waals surface area contributed by atoms with E-state index in [4.69, 9.17) is 5.73 Å². The van der Waals surface area contributed by atoms with Crippen molar-refractivity contribution >= 4 is 5.69 Å². The summed E-state index contributed by atoms with van der Waals surface area (Å²) in [6.45, 7) is 2.09. The van der Waals surface area contributed by atoms with E-state index in [1.807, 2.05) is 24.4 Å². The van der Waals surface area contributed by atoms with E-state index >= 15 is 0 Å². The predicted molar refractivity (Wildman–Crippen MR) is 62.6 cm³/mol. The van der Waals surface area contributed by atoms with Crippen LogP contribution in [0.5, 0.6) is 0 Å². The Bertz CT molecular complexity index is 449. The minimum absolute atomic E-state index is 0.822. The number of aryl methyl sites for hydroxylation is 1. The molecular weight excluding hydrogens is 184 g/mol. The summed E-state index contributed by atoms with van der Waals surface area (Å²) in [5.41, 5.74) is 10.3. The molecule has 1 heterocycles. The van der Waals surface area contributed by atoms with E-state index in [-0.39, 0.29) is 0 Å². The molecular formula is C13H14N2. The second kappa shape index (κ2) is 4.13. The molecule has 0 radical (unpaired) electrons. The van der Waals surface area contributed by atoms with Crippen molar-refractivity contribution in [3.8, 4) is 0 Å². The smallest absolute Gasteiger partial charge is 0.0316 e. The van der Waals surface area contributed by atoms with Gasteiger partial charge in [0.2, 0.25) is 0 Å². The summed E-state index contributed by atoms with van der Waals surface area (Å²) >= 11 is 0. The molecule has 0 bridgehead atoms. The lowest BCUT2D eigenvalue weighted by atomic mass is 10.0. The van der Waals surface area contributed by atoms with Gasteiger partial charge in [-0.25, -0.2) is 0 Å². The van der Waals surface area contributed by atoms with Gasteiger partial charge in [-0.3, -0.25) is 4.98 Å². The van der Waals surface area contributed by atoms with Gasteiger partial charge in [-0.2, -0.15) is 0 Å². The molecule has 0 amide bonds. The maximum Gasteiger partial charge on any atom is 0.0316 e. The number of nitrogens with two attached hydrogens (primary N) is 1. The Kier molecular flexibility index (Phi) is 2.68. The Labute approximate surface area is 89.8 Å². The first-order valence-electron chi connectivity index (χ1n) is 4.99. The fourth-order valence-corrected chi connectivity index (χ4v) is 1.64. The lowest BCUT2D eigenvalue weighted by molar-refractivity contribution is 1.12. The van der Waals surface area contributed by atoms with Crippen LogP contribution in [-0.2, 0) is 6.42 Å². The molecule has 1 aromatic carbocycles. The summed E-state index contributed by atoms with van der Waals surface area (Å²) in [6, 6.07) is 10.1. The zero-order valence-corrected chi connectivity index (χ0v) is 8.77. The number of aromatic nitrogens is 1. The minimum atomic E-state index is 0.822. The van der Waals surface area contributed by atoms with Crippen LogP contribution in [0.25, 0.3) is 0 Å². The fraction of sp³-hybridized carbons (Fsp3) is 0.154. The van der Waals surface area contributed by atoms with Crippen molar-refractivity contribution in [2.75, 3.05) is 5.73 Å². The number of pyridine rings is 1. The molecule has 15 heavy (non-hydrogen) atoms. The van der Waals surface area contributed by atoms with Crippen molar-refractivity contribution in [3.05, 3.63) is 59.4 Å². The highest BCUT2D eigenvalue weighted by Crippen LogP contribution is 2.15. The lowest BCUT2D eigenvalue weighted by Crippen LogP contribution is -1.94. The maximum absolute atomic E-state index is 5.71. The van der Waals surface area contributed by atoms with Crippen LogP contribution in [0.1, 0.15) is 16.7 Å². The Morgan fingerprint density at radius 3 is 2.80 bits per heavy atom. The molecule has 0 fully saturated rings. The molecule has 2 N–H and O–H groups in total. The van der Waals surface area contributed by atoms with E-state index in [0.29, 0.717) is 0 Å². The molecule has 0 aliphatic rings. The van der Waals surface area contributed by atoms with Gasteiger partial charge in [0.25, 0.3) is 0 Å². The van der Waals surface area contributed by atoms with Crippen LogP contribution in [-0.4, -0.2) is 4.98 Å². The van der Waals surface area contributed by atoms with Crippen LogP contribution in [0.15, 0.2) is 42.7 Å². The minimum Gasteiger partial charge on any atom is -0.399 e. The molecule has 0 saturated carbocycles. The molecule has 2 heteroatoms. The fourth-order valence-electron chi connectivity index (χ4n) is 1.64. The van der Waals surface area contributed by atoms with Gasteiger partial charge < -0.3 is 5.73 Å². The van der Waals surface area contributed by atoms with E-state index in [2.05, 4.69) is 24.0 Å². The number of anilines is 1. The third kappa shape index (κ3) is 2.34. The zero-order valence-electron chi connectivity index (χ0n) is 8.77. The van der Waals surface area contributed by atoms with Crippen molar-refractivity contribution in [1.82, 2.24) is 4.98 Å². The number of benzene rings is 1. The molecule has 76 valence electrons. The predicted octanol–water partition coefficient (Wildman–Crippen LogP) is 2.56. The van der Waals surface area contributed by atoms with Gasteiger partial charge in [0.15, 0.2) is 0 Å².